The molecule has 32 heavy (non-hydrogen) atoms. The van der Waals surface area contributed by atoms with Gasteiger partial charge in [0.05, 0.1) is 18.0 Å². The fourth-order valence-corrected chi connectivity index (χ4v) is 5.77. The van der Waals surface area contributed by atoms with Crippen molar-refractivity contribution < 1.29 is 17.6 Å². The molecule has 1 fully saturated rings. The summed E-state index contributed by atoms with van der Waals surface area (Å²) >= 11 is 0. The topological polar surface area (TPSA) is 96.6 Å². The highest BCUT2D eigenvalue weighted by molar-refractivity contribution is 7.89. The largest absolute Gasteiger partial charge is 0.451 e. The number of nitrogens with zero attached hydrogens (tertiary/aromatic N) is 4. The molecule has 3 aromatic rings. The van der Waals surface area contributed by atoms with E-state index in [0.29, 0.717) is 43.7 Å². The van der Waals surface area contributed by atoms with E-state index in [1.807, 2.05) is 31.2 Å². The highest BCUT2D eigenvalue weighted by Gasteiger charge is 2.33. The van der Waals surface area contributed by atoms with Crippen LogP contribution in [0.2, 0.25) is 0 Å². The summed E-state index contributed by atoms with van der Waals surface area (Å²) in [5.74, 6) is -0.0115. The summed E-state index contributed by atoms with van der Waals surface area (Å²) in [6.45, 7) is 3.09. The molecule has 4 rings (SSSR count). The van der Waals surface area contributed by atoms with Crippen LogP contribution >= 0.6 is 0 Å². The molecule has 0 unspecified atom stereocenters. The Balaban J connectivity index is 1.54. The fraction of sp³-hybridized carbons (Fsp3) is 0.435. The van der Waals surface area contributed by atoms with Crippen molar-refractivity contribution in [3.05, 3.63) is 60.6 Å². The number of carbonyl (C=O) groups excluding carboxylic acids is 1. The summed E-state index contributed by atoms with van der Waals surface area (Å²) in [6, 6.07) is 9.47. The maximum atomic E-state index is 13.5. The molecule has 0 atom stereocenters. The van der Waals surface area contributed by atoms with Crippen molar-refractivity contribution in [2.24, 2.45) is 0 Å². The van der Waals surface area contributed by atoms with Gasteiger partial charge >= 0.3 is 0 Å². The van der Waals surface area contributed by atoms with Crippen LogP contribution in [0.3, 0.4) is 0 Å². The second-order valence-corrected chi connectivity index (χ2v) is 10.2. The number of benzene rings is 1. The van der Waals surface area contributed by atoms with E-state index in [2.05, 4.69) is 9.97 Å². The van der Waals surface area contributed by atoms with Crippen molar-refractivity contribution >= 4 is 26.7 Å². The lowest BCUT2D eigenvalue weighted by Gasteiger charge is -2.37. The Labute approximate surface area is 188 Å². The minimum absolute atomic E-state index is 0.106. The number of aromatic nitrogens is 2. The van der Waals surface area contributed by atoms with Crippen LogP contribution in [-0.2, 0) is 16.6 Å². The number of piperidine rings is 1. The molecule has 1 saturated heterocycles. The Bertz CT molecular complexity index is 1160. The summed E-state index contributed by atoms with van der Waals surface area (Å²) in [4.78, 5) is 23.8. The van der Waals surface area contributed by atoms with E-state index in [1.165, 1.54) is 12.7 Å². The Hall–Kier alpha value is -2.78. The Morgan fingerprint density at radius 2 is 1.94 bits per heavy atom. The van der Waals surface area contributed by atoms with Crippen LogP contribution < -0.4 is 0 Å². The highest BCUT2D eigenvalue weighted by atomic mass is 32.2. The van der Waals surface area contributed by atoms with Crippen molar-refractivity contribution in [1.29, 1.82) is 0 Å². The Morgan fingerprint density at radius 3 is 2.62 bits per heavy atom. The number of carbonyl (C=O) groups is 1. The average molecular weight is 457 g/mol. The highest BCUT2D eigenvalue weighted by Crippen LogP contribution is 2.24. The smallest absolute Gasteiger partial charge is 0.273 e. The van der Waals surface area contributed by atoms with E-state index < -0.39 is 10.0 Å². The van der Waals surface area contributed by atoms with Crippen molar-refractivity contribution in [2.75, 3.05) is 18.8 Å². The van der Waals surface area contributed by atoms with Gasteiger partial charge in [-0.25, -0.2) is 17.7 Å². The van der Waals surface area contributed by atoms with Crippen molar-refractivity contribution in [2.45, 2.75) is 45.2 Å². The number of unbranched alkanes of at least 4 members (excludes halogenated alkanes) is 1. The maximum Gasteiger partial charge on any atom is 0.273 e. The molecule has 8 nitrogen and oxygen atoms in total. The molecule has 3 heterocycles. The van der Waals surface area contributed by atoms with Gasteiger partial charge in [-0.05, 0) is 30.7 Å². The van der Waals surface area contributed by atoms with E-state index in [9.17, 15) is 13.2 Å². The van der Waals surface area contributed by atoms with Gasteiger partial charge in [0.1, 0.15) is 12.0 Å². The molecule has 0 saturated carbocycles. The van der Waals surface area contributed by atoms with Crippen LogP contribution in [0.25, 0.3) is 10.8 Å². The third kappa shape index (κ3) is 4.99. The van der Waals surface area contributed by atoms with E-state index in [4.69, 9.17) is 4.42 Å². The monoisotopic (exact) mass is 456 g/mol. The number of rotatable bonds is 8. The number of pyridine rings is 1. The van der Waals surface area contributed by atoms with Gasteiger partial charge in [0.2, 0.25) is 10.0 Å². The van der Waals surface area contributed by atoms with Gasteiger partial charge in [0.15, 0.2) is 6.39 Å². The van der Waals surface area contributed by atoms with Crippen LogP contribution in [0.1, 0.15) is 48.8 Å². The summed E-state index contributed by atoms with van der Waals surface area (Å²) in [5.41, 5.74) is 1.02. The van der Waals surface area contributed by atoms with Crippen LogP contribution in [0, 0.1) is 0 Å². The van der Waals surface area contributed by atoms with Crippen LogP contribution in [-0.4, -0.2) is 58.4 Å². The molecule has 0 bridgehead atoms. The second kappa shape index (κ2) is 9.79. The van der Waals surface area contributed by atoms with Gasteiger partial charge in [-0.1, -0.05) is 37.6 Å². The molecule has 1 amide bonds. The minimum atomic E-state index is -3.25. The van der Waals surface area contributed by atoms with Crippen molar-refractivity contribution in [1.82, 2.24) is 19.2 Å². The summed E-state index contributed by atoms with van der Waals surface area (Å²) in [7, 11) is -3.25. The van der Waals surface area contributed by atoms with Crippen LogP contribution in [0.15, 0.2) is 53.6 Å². The molecule has 0 N–H and O–H groups in total. The zero-order valence-electron chi connectivity index (χ0n) is 18.2. The normalized spacial score (nSPS) is 15.8. The summed E-state index contributed by atoms with van der Waals surface area (Å²) in [6.07, 6.45) is 7.22. The third-order valence-corrected chi connectivity index (χ3v) is 7.90. The van der Waals surface area contributed by atoms with E-state index in [1.54, 1.807) is 21.5 Å². The van der Waals surface area contributed by atoms with E-state index in [0.717, 1.165) is 17.2 Å². The number of hydrogen-bond acceptors (Lipinski definition) is 6. The molecule has 1 aliphatic rings. The van der Waals surface area contributed by atoms with Crippen molar-refractivity contribution in [3.8, 4) is 0 Å². The second-order valence-electron chi connectivity index (χ2n) is 8.13. The molecule has 0 radical (unpaired) electrons. The number of hydrogen-bond donors (Lipinski definition) is 0. The SMILES string of the molecule is CCCCS(=O)(=O)N1CCC(N(Cc2cocn2)C(=O)c2cc3ccccc3cn2)CC1. The lowest BCUT2D eigenvalue weighted by Crippen LogP contribution is -2.49. The van der Waals surface area contributed by atoms with Gasteiger partial charge in [-0.3, -0.25) is 9.78 Å². The minimum Gasteiger partial charge on any atom is -0.451 e. The lowest BCUT2D eigenvalue weighted by atomic mass is 10.0. The quantitative estimate of drug-likeness (QED) is 0.515. The molecule has 0 aliphatic carbocycles. The molecule has 1 aliphatic heterocycles. The van der Waals surface area contributed by atoms with Gasteiger partial charge in [0.25, 0.3) is 5.91 Å². The first kappa shape index (κ1) is 22.4. The fourth-order valence-electron chi connectivity index (χ4n) is 4.09. The van der Waals surface area contributed by atoms with Crippen molar-refractivity contribution in [3.63, 3.8) is 0 Å². The first-order valence-corrected chi connectivity index (χ1v) is 12.6. The van der Waals surface area contributed by atoms with Gasteiger partial charge in [-0.2, -0.15) is 0 Å². The predicted molar refractivity (Wildman–Crippen MR) is 121 cm³/mol. The number of amides is 1. The zero-order chi connectivity index (χ0) is 22.6. The Morgan fingerprint density at radius 1 is 1.19 bits per heavy atom. The van der Waals surface area contributed by atoms with E-state index in [-0.39, 0.29) is 24.2 Å². The first-order chi connectivity index (χ1) is 15.5. The molecule has 2 aromatic heterocycles. The molecule has 9 heteroatoms. The average Bonchev–Trinajstić information content (AvgIpc) is 3.34. The summed E-state index contributed by atoms with van der Waals surface area (Å²) in [5, 5.41) is 1.92. The molecule has 0 spiro atoms. The molecular formula is C23H28N4O4S. The first-order valence-electron chi connectivity index (χ1n) is 11.0. The number of sulfonamides is 1. The van der Waals surface area contributed by atoms with Crippen LogP contribution in [0.5, 0.6) is 0 Å². The van der Waals surface area contributed by atoms with Crippen LogP contribution in [0.4, 0.5) is 0 Å². The maximum absolute atomic E-state index is 13.5. The predicted octanol–water partition coefficient (Wildman–Crippen LogP) is 3.46. The van der Waals surface area contributed by atoms with E-state index >= 15 is 0 Å². The zero-order valence-corrected chi connectivity index (χ0v) is 19.0. The standard InChI is InChI=1S/C23H28N4O4S/c1-2-3-12-32(29,30)26-10-8-21(9-11-26)27(15-20-16-31-17-25-20)23(28)22-13-18-6-4-5-7-19(18)14-24-22/h4-7,13-14,16-17,21H,2-3,8-12,15H2,1H3. The lowest BCUT2D eigenvalue weighted by molar-refractivity contribution is 0.0587. The van der Waals surface area contributed by atoms with Gasteiger partial charge in [0, 0.05) is 30.7 Å². The van der Waals surface area contributed by atoms with Gasteiger partial charge in [-0.15, -0.1) is 0 Å². The third-order valence-electron chi connectivity index (χ3n) is 5.94. The van der Waals surface area contributed by atoms with Gasteiger partial charge < -0.3 is 9.32 Å². The summed E-state index contributed by atoms with van der Waals surface area (Å²) < 4.78 is 31.8. The molecule has 1 aromatic carbocycles. The molecular weight excluding hydrogens is 428 g/mol. The number of fused-ring (bicyclic) bond motifs is 1. The Kier molecular flexibility index (Phi) is 6.86. The molecule has 170 valence electrons. The number of oxazole rings is 1.